The average Bonchev–Trinajstić information content (AvgIpc) is 2.67. The first-order valence-electron chi connectivity index (χ1n) is 8.17. The van der Waals surface area contributed by atoms with Crippen molar-refractivity contribution in [1.29, 1.82) is 10.5 Å². The number of amides is 2. The standard InChI is InChI=1S/C18H19N5O3/c1-2-26-18(25)23-9-7-22(8-10-23)13-15(12-20)17(24)21-16-6-4-3-5-14(16)11-19/h3-6,13H,2,7-10H2,1H3,(H,21,24)/b15-13-. The lowest BCUT2D eigenvalue weighted by atomic mass is 10.2. The number of rotatable bonds is 4. The fourth-order valence-electron chi connectivity index (χ4n) is 2.45. The Hall–Kier alpha value is -3.52. The highest BCUT2D eigenvalue weighted by Crippen LogP contribution is 2.15. The molecule has 0 unspecified atom stereocenters. The van der Waals surface area contributed by atoms with Gasteiger partial charge in [0.05, 0.1) is 17.9 Å². The Labute approximate surface area is 151 Å². The van der Waals surface area contributed by atoms with Crippen LogP contribution in [0.15, 0.2) is 36.0 Å². The average molecular weight is 353 g/mol. The molecule has 0 radical (unpaired) electrons. The van der Waals surface area contributed by atoms with Crippen molar-refractivity contribution in [2.75, 3.05) is 38.1 Å². The third-order valence-electron chi connectivity index (χ3n) is 3.81. The SMILES string of the molecule is CCOC(=O)N1CCN(/C=C(/C#N)C(=O)Nc2ccccc2C#N)CC1. The van der Waals surface area contributed by atoms with Crippen LogP contribution in [0, 0.1) is 22.7 Å². The molecular formula is C18H19N5O3. The Bertz CT molecular complexity index is 783. The number of nitrogens with zero attached hydrogens (tertiary/aromatic N) is 4. The van der Waals surface area contributed by atoms with Crippen LogP contribution < -0.4 is 5.32 Å². The van der Waals surface area contributed by atoms with Gasteiger partial charge < -0.3 is 19.9 Å². The van der Waals surface area contributed by atoms with Crippen molar-refractivity contribution >= 4 is 17.7 Å². The number of piperazine rings is 1. The van der Waals surface area contributed by atoms with Crippen molar-refractivity contribution in [3.63, 3.8) is 0 Å². The van der Waals surface area contributed by atoms with Crippen molar-refractivity contribution in [2.45, 2.75) is 6.92 Å². The van der Waals surface area contributed by atoms with Gasteiger partial charge in [0, 0.05) is 32.4 Å². The number of nitrogens with one attached hydrogen (secondary N) is 1. The van der Waals surface area contributed by atoms with Crippen LogP contribution in [0.1, 0.15) is 12.5 Å². The molecule has 1 aliphatic rings. The van der Waals surface area contributed by atoms with Gasteiger partial charge in [0.15, 0.2) is 0 Å². The summed E-state index contributed by atoms with van der Waals surface area (Å²) in [6.45, 7) is 3.96. The van der Waals surface area contributed by atoms with Gasteiger partial charge in [-0.05, 0) is 19.1 Å². The normalized spacial score (nSPS) is 14.2. The zero-order chi connectivity index (χ0) is 18.9. The van der Waals surface area contributed by atoms with Crippen LogP contribution in [0.2, 0.25) is 0 Å². The zero-order valence-electron chi connectivity index (χ0n) is 14.4. The van der Waals surface area contributed by atoms with Gasteiger partial charge in [-0.15, -0.1) is 0 Å². The third-order valence-corrected chi connectivity index (χ3v) is 3.81. The first-order valence-corrected chi connectivity index (χ1v) is 8.17. The highest BCUT2D eigenvalue weighted by Gasteiger charge is 2.21. The first-order chi connectivity index (χ1) is 12.6. The molecule has 1 aliphatic heterocycles. The summed E-state index contributed by atoms with van der Waals surface area (Å²) in [5, 5.41) is 20.9. The second-order valence-corrected chi connectivity index (χ2v) is 5.49. The number of benzene rings is 1. The Morgan fingerprint density at radius 2 is 1.92 bits per heavy atom. The number of carbonyl (C=O) groups is 2. The summed E-state index contributed by atoms with van der Waals surface area (Å²) in [4.78, 5) is 27.4. The largest absolute Gasteiger partial charge is 0.450 e. The lowest BCUT2D eigenvalue weighted by molar-refractivity contribution is -0.112. The van der Waals surface area contributed by atoms with Gasteiger partial charge >= 0.3 is 6.09 Å². The minimum atomic E-state index is -0.581. The molecular weight excluding hydrogens is 334 g/mol. The molecule has 2 amide bonds. The van der Waals surface area contributed by atoms with Gasteiger partial charge in [-0.3, -0.25) is 4.79 Å². The maximum Gasteiger partial charge on any atom is 0.409 e. The van der Waals surface area contributed by atoms with Gasteiger partial charge in [0.2, 0.25) is 0 Å². The minimum absolute atomic E-state index is 0.0673. The van der Waals surface area contributed by atoms with Crippen molar-refractivity contribution in [1.82, 2.24) is 9.80 Å². The van der Waals surface area contributed by atoms with E-state index in [0.717, 1.165) is 0 Å². The Balaban J connectivity index is 2.00. The van der Waals surface area contributed by atoms with Crippen LogP contribution in [0.5, 0.6) is 0 Å². The molecule has 0 saturated carbocycles. The monoisotopic (exact) mass is 353 g/mol. The number of carbonyl (C=O) groups excluding carboxylic acids is 2. The molecule has 0 atom stereocenters. The maximum absolute atomic E-state index is 12.3. The Morgan fingerprint density at radius 3 is 2.54 bits per heavy atom. The molecule has 1 fully saturated rings. The highest BCUT2D eigenvalue weighted by molar-refractivity contribution is 6.07. The number of anilines is 1. The van der Waals surface area contributed by atoms with Crippen LogP contribution >= 0.6 is 0 Å². The number of para-hydroxylation sites is 1. The quantitative estimate of drug-likeness (QED) is 0.651. The zero-order valence-corrected chi connectivity index (χ0v) is 14.4. The first kappa shape index (κ1) is 18.8. The van der Waals surface area contributed by atoms with Gasteiger partial charge in [-0.1, -0.05) is 12.1 Å². The molecule has 1 heterocycles. The molecule has 0 aliphatic carbocycles. The molecule has 1 saturated heterocycles. The summed E-state index contributed by atoms with van der Waals surface area (Å²) < 4.78 is 4.96. The second kappa shape index (κ2) is 9.09. The predicted molar refractivity (Wildman–Crippen MR) is 93.7 cm³/mol. The van der Waals surface area contributed by atoms with Crippen LogP contribution in [0.3, 0.4) is 0 Å². The van der Waals surface area contributed by atoms with Gasteiger partial charge in [0.25, 0.3) is 5.91 Å². The lowest BCUT2D eigenvalue weighted by Crippen LogP contribution is -2.47. The second-order valence-electron chi connectivity index (χ2n) is 5.49. The Morgan fingerprint density at radius 1 is 1.23 bits per heavy atom. The van der Waals surface area contributed by atoms with Crippen LogP contribution in [0.4, 0.5) is 10.5 Å². The molecule has 134 valence electrons. The third kappa shape index (κ3) is 4.74. The molecule has 0 spiro atoms. The van der Waals surface area contributed by atoms with Crippen LogP contribution in [-0.2, 0) is 9.53 Å². The van der Waals surface area contributed by atoms with E-state index in [4.69, 9.17) is 10.00 Å². The van der Waals surface area contributed by atoms with Crippen molar-refractivity contribution in [2.24, 2.45) is 0 Å². The summed E-state index contributed by atoms with van der Waals surface area (Å²) >= 11 is 0. The summed E-state index contributed by atoms with van der Waals surface area (Å²) in [6, 6.07) is 10.4. The number of nitriles is 2. The lowest BCUT2D eigenvalue weighted by Gasteiger charge is -2.33. The fraction of sp³-hybridized carbons (Fsp3) is 0.333. The molecule has 0 bridgehead atoms. The van der Waals surface area contributed by atoms with E-state index in [-0.39, 0.29) is 11.7 Å². The number of ether oxygens (including phenoxy) is 1. The molecule has 0 aromatic heterocycles. The summed E-state index contributed by atoms with van der Waals surface area (Å²) in [6.07, 6.45) is 1.12. The summed E-state index contributed by atoms with van der Waals surface area (Å²) in [7, 11) is 0. The van der Waals surface area contributed by atoms with E-state index in [0.29, 0.717) is 44.0 Å². The summed E-state index contributed by atoms with van der Waals surface area (Å²) in [5.74, 6) is -0.581. The van der Waals surface area contributed by atoms with E-state index in [1.54, 1.807) is 36.1 Å². The number of hydrogen-bond acceptors (Lipinski definition) is 6. The van der Waals surface area contributed by atoms with Gasteiger partial charge in [0.1, 0.15) is 17.7 Å². The molecule has 1 aromatic carbocycles. The molecule has 26 heavy (non-hydrogen) atoms. The van der Waals surface area contributed by atoms with Crippen molar-refractivity contribution < 1.29 is 14.3 Å². The fourth-order valence-corrected chi connectivity index (χ4v) is 2.45. The van der Waals surface area contributed by atoms with E-state index in [1.165, 1.54) is 6.20 Å². The molecule has 1 aromatic rings. The predicted octanol–water partition coefficient (Wildman–Crippen LogP) is 1.68. The molecule has 8 nitrogen and oxygen atoms in total. The van der Waals surface area contributed by atoms with E-state index >= 15 is 0 Å². The van der Waals surface area contributed by atoms with Crippen LogP contribution in [-0.4, -0.2) is 54.6 Å². The van der Waals surface area contributed by atoms with E-state index < -0.39 is 5.91 Å². The maximum atomic E-state index is 12.3. The van der Waals surface area contributed by atoms with E-state index in [2.05, 4.69) is 5.32 Å². The molecule has 8 heteroatoms. The minimum Gasteiger partial charge on any atom is -0.450 e. The van der Waals surface area contributed by atoms with E-state index in [9.17, 15) is 14.9 Å². The highest BCUT2D eigenvalue weighted by atomic mass is 16.6. The van der Waals surface area contributed by atoms with Gasteiger partial charge in [-0.25, -0.2) is 4.79 Å². The summed E-state index contributed by atoms with van der Waals surface area (Å²) in [5.41, 5.74) is 0.608. The van der Waals surface area contributed by atoms with Crippen LogP contribution in [0.25, 0.3) is 0 Å². The van der Waals surface area contributed by atoms with Gasteiger partial charge in [-0.2, -0.15) is 10.5 Å². The topological polar surface area (TPSA) is 109 Å². The number of hydrogen-bond donors (Lipinski definition) is 1. The smallest absolute Gasteiger partial charge is 0.409 e. The van der Waals surface area contributed by atoms with Crippen molar-refractivity contribution in [3.8, 4) is 12.1 Å². The van der Waals surface area contributed by atoms with Crippen molar-refractivity contribution in [3.05, 3.63) is 41.6 Å². The van der Waals surface area contributed by atoms with E-state index in [1.807, 2.05) is 17.0 Å². The Kier molecular flexibility index (Phi) is 6.58. The molecule has 2 rings (SSSR count). The molecule has 1 N–H and O–H groups in total.